The number of halogens is 1. The quantitative estimate of drug-likeness (QED) is 0.0641. The van der Waals surface area contributed by atoms with Crippen molar-refractivity contribution in [1.82, 2.24) is 10.2 Å². The highest BCUT2D eigenvalue weighted by atomic mass is 32.2. The number of hydrogen-bond donors (Lipinski definition) is 1. The molecule has 44 heavy (non-hydrogen) atoms. The van der Waals surface area contributed by atoms with Crippen LogP contribution in [0.25, 0.3) is 16.5 Å². The predicted octanol–water partition coefficient (Wildman–Crippen LogP) is 7.07. The van der Waals surface area contributed by atoms with E-state index in [1.165, 1.54) is 43.0 Å². The van der Waals surface area contributed by atoms with Crippen molar-refractivity contribution in [2.75, 3.05) is 19.1 Å². The predicted molar refractivity (Wildman–Crippen MR) is 169 cm³/mol. The number of benzene rings is 4. The van der Waals surface area contributed by atoms with Crippen LogP contribution in [0.4, 0.5) is 9.52 Å². The number of ketones is 1. The molecule has 0 radical (unpaired) electrons. The van der Waals surface area contributed by atoms with Gasteiger partial charge in [0.25, 0.3) is 5.78 Å². The number of aromatic nitrogens is 2. The van der Waals surface area contributed by atoms with E-state index in [0.717, 1.165) is 33.7 Å². The third-order valence-electron chi connectivity index (χ3n) is 7.45. The standard InChI is InChI=1S/C33H26FN3O5S2/c1-18-11-12-21(15-24(18)34)29(38)27-28(20-13-14-25(41-2)26(16-20)42-3)37(31(40)30(27)39)32-35-36-33(44-32)43-17-22-9-6-8-19-7-4-5-10-23(19)22/h4-16,28,38H,17H2,1-3H3/t28-/m0/s1. The van der Waals surface area contributed by atoms with Crippen molar-refractivity contribution in [3.63, 3.8) is 0 Å². The molecule has 0 saturated carbocycles. The second kappa shape index (κ2) is 12.1. The van der Waals surface area contributed by atoms with E-state index < -0.39 is 29.3 Å². The molecule has 1 atom stereocenters. The molecule has 1 amide bonds. The molecule has 5 aromatic rings. The Bertz CT molecular complexity index is 1950. The van der Waals surface area contributed by atoms with Crippen LogP contribution in [0.3, 0.4) is 0 Å². The SMILES string of the molecule is COc1ccc([C@H]2C(=C(O)c3ccc(C)c(F)c3)C(=O)C(=O)N2c2nnc(SCc3cccc4ccccc34)s2)cc1OC. The molecule has 1 N–H and O–H groups in total. The normalized spacial score (nSPS) is 16.1. The molecule has 8 nitrogen and oxygen atoms in total. The number of fused-ring (bicyclic) bond motifs is 1. The number of amides is 1. The molecular formula is C33H26FN3O5S2. The number of carbonyl (C=O) groups is 2. The lowest BCUT2D eigenvalue weighted by atomic mass is 9.94. The molecule has 2 heterocycles. The summed E-state index contributed by atoms with van der Waals surface area (Å²) in [7, 11) is 2.96. The molecule has 0 aliphatic carbocycles. The number of Topliss-reactive ketones (excluding diaryl/α,β-unsaturated/α-hetero) is 1. The Hall–Kier alpha value is -4.74. The molecule has 4 aromatic carbocycles. The average Bonchev–Trinajstić information content (AvgIpc) is 3.62. The van der Waals surface area contributed by atoms with E-state index in [2.05, 4.69) is 34.5 Å². The van der Waals surface area contributed by atoms with Crippen LogP contribution in [-0.2, 0) is 15.3 Å². The molecule has 6 rings (SSSR count). The van der Waals surface area contributed by atoms with Crippen LogP contribution < -0.4 is 14.4 Å². The fourth-order valence-corrected chi connectivity index (χ4v) is 7.05. The highest BCUT2D eigenvalue weighted by Crippen LogP contribution is 2.45. The zero-order chi connectivity index (χ0) is 31.0. The van der Waals surface area contributed by atoms with Gasteiger partial charge in [-0.25, -0.2) is 4.39 Å². The summed E-state index contributed by atoms with van der Waals surface area (Å²) in [5, 5.41) is 22.4. The van der Waals surface area contributed by atoms with Crippen LogP contribution in [-0.4, -0.2) is 41.2 Å². The minimum absolute atomic E-state index is 0.0696. The number of aliphatic hydroxyl groups excluding tert-OH is 1. The number of anilines is 1. The molecule has 1 saturated heterocycles. The van der Waals surface area contributed by atoms with Gasteiger partial charge in [0, 0.05) is 11.3 Å². The lowest BCUT2D eigenvalue weighted by Crippen LogP contribution is -2.29. The first-order chi connectivity index (χ1) is 21.3. The molecule has 1 aromatic heterocycles. The number of thioether (sulfide) groups is 1. The van der Waals surface area contributed by atoms with Crippen molar-refractivity contribution in [2.45, 2.75) is 23.1 Å². The second-order valence-electron chi connectivity index (χ2n) is 10.0. The van der Waals surface area contributed by atoms with Gasteiger partial charge in [-0.15, -0.1) is 10.2 Å². The van der Waals surface area contributed by atoms with E-state index >= 15 is 0 Å². The Balaban J connectivity index is 1.41. The fraction of sp³-hybridized carbons (Fsp3) is 0.152. The zero-order valence-corrected chi connectivity index (χ0v) is 25.5. The van der Waals surface area contributed by atoms with E-state index in [9.17, 15) is 19.1 Å². The first-order valence-electron chi connectivity index (χ1n) is 13.5. The summed E-state index contributed by atoms with van der Waals surface area (Å²) >= 11 is 2.63. The van der Waals surface area contributed by atoms with Gasteiger partial charge in [0.2, 0.25) is 5.13 Å². The summed E-state index contributed by atoms with van der Waals surface area (Å²) in [6, 6.07) is 22.2. The summed E-state index contributed by atoms with van der Waals surface area (Å²) in [5.74, 6) is -1.45. The summed E-state index contributed by atoms with van der Waals surface area (Å²) in [6.07, 6.45) is 0. The van der Waals surface area contributed by atoms with Crippen LogP contribution in [0.15, 0.2) is 88.8 Å². The number of ether oxygens (including phenoxy) is 2. The number of hydrogen-bond acceptors (Lipinski definition) is 9. The van der Waals surface area contributed by atoms with Gasteiger partial charge in [-0.3, -0.25) is 14.5 Å². The van der Waals surface area contributed by atoms with Gasteiger partial charge in [0.1, 0.15) is 11.6 Å². The maximum Gasteiger partial charge on any atom is 0.301 e. The number of aryl methyl sites for hydroxylation is 1. The highest BCUT2D eigenvalue weighted by Gasteiger charge is 2.48. The first kappa shape index (κ1) is 29.3. The smallest absolute Gasteiger partial charge is 0.301 e. The van der Waals surface area contributed by atoms with Crippen molar-refractivity contribution >= 4 is 56.5 Å². The molecule has 1 aliphatic heterocycles. The Morgan fingerprint density at radius 3 is 2.52 bits per heavy atom. The molecule has 222 valence electrons. The Morgan fingerprint density at radius 1 is 0.977 bits per heavy atom. The lowest BCUT2D eigenvalue weighted by molar-refractivity contribution is -0.132. The highest BCUT2D eigenvalue weighted by molar-refractivity contribution is 8.00. The number of rotatable bonds is 8. The molecule has 1 aliphatic rings. The van der Waals surface area contributed by atoms with E-state index in [4.69, 9.17) is 9.47 Å². The molecule has 0 bridgehead atoms. The molecule has 0 unspecified atom stereocenters. The van der Waals surface area contributed by atoms with Crippen LogP contribution in [0.2, 0.25) is 0 Å². The lowest BCUT2D eigenvalue weighted by Gasteiger charge is -2.23. The first-order valence-corrected chi connectivity index (χ1v) is 15.3. The van der Waals surface area contributed by atoms with Crippen LogP contribution >= 0.6 is 23.1 Å². The van der Waals surface area contributed by atoms with Crippen molar-refractivity contribution < 1.29 is 28.6 Å². The van der Waals surface area contributed by atoms with Gasteiger partial charge in [0.05, 0.1) is 25.8 Å². The summed E-state index contributed by atoms with van der Waals surface area (Å²) in [5.41, 5.74) is 1.82. The van der Waals surface area contributed by atoms with Gasteiger partial charge < -0.3 is 14.6 Å². The van der Waals surface area contributed by atoms with Gasteiger partial charge in [0.15, 0.2) is 15.8 Å². The summed E-state index contributed by atoms with van der Waals surface area (Å²) < 4.78 is 25.9. The maximum absolute atomic E-state index is 14.5. The summed E-state index contributed by atoms with van der Waals surface area (Å²) in [4.78, 5) is 28.4. The minimum atomic E-state index is -1.09. The average molecular weight is 628 g/mol. The molecule has 0 spiro atoms. The van der Waals surface area contributed by atoms with Crippen molar-refractivity contribution in [1.29, 1.82) is 0 Å². The van der Waals surface area contributed by atoms with E-state index in [1.807, 2.05) is 18.2 Å². The van der Waals surface area contributed by atoms with Gasteiger partial charge in [-0.1, -0.05) is 83.8 Å². The van der Waals surface area contributed by atoms with Crippen molar-refractivity contribution in [3.05, 3.63) is 113 Å². The minimum Gasteiger partial charge on any atom is -0.507 e. The zero-order valence-electron chi connectivity index (χ0n) is 23.9. The van der Waals surface area contributed by atoms with Gasteiger partial charge in [-0.05, 0) is 52.6 Å². The number of nitrogens with zero attached hydrogens (tertiary/aromatic N) is 3. The van der Waals surface area contributed by atoms with Crippen LogP contribution in [0.5, 0.6) is 11.5 Å². The Kier molecular flexibility index (Phi) is 8.07. The van der Waals surface area contributed by atoms with E-state index in [1.54, 1.807) is 25.1 Å². The largest absolute Gasteiger partial charge is 0.507 e. The monoisotopic (exact) mass is 627 g/mol. The Morgan fingerprint density at radius 2 is 1.75 bits per heavy atom. The number of methoxy groups -OCH3 is 2. The van der Waals surface area contributed by atoms with Gasteiger partial charge in [-0.2, -0.15) is 0 Å². The number of aliphatic hydroxyl groups is 1. The topological polar surface area (TPSA) is 102 Å². The second-order valence-corrected chi connectivity index (χ2v) is 12.2. The van der Waals surface area contributed by atoms with Crippen molar-refractivity contribution in [3.8, 4) is 11.5 Å². The Labute approximate surface area is 260 Å². The van der Waals surface area contributed by atoms with Crippen molar-refractivity contribution in [2.24, 2.45) is 0 Å². The van der Waals surface area contributed by atoms with Crippen LogP contribution in [0, 0.1) is 12.7 Å². The third-order valence-corrected chi connectivity index (χ3v) is 9.55. The summed E-state index contributed by atoms with van der Waals surface area (Å²) in [6.45, 7) is 1.59. The number of carbonyl (C=O) groups excluding carboxylic acids is 2. The van der Waals surface area contributed by atoms with Crippen LogP contribution in [0.1, 0.15) is 28.3 Å². The fourth-order valence-electron chi connectivity index (χ4n) is 5.18. The molecule has 1 fully saturated rings. The third kappa shape index (κ3) is 5.29. The maximum atomic E-state index is 14.5. The molecule has 11 heteroatoms. The van der Waals surface area contributed by atoms with Gasteiger partial charge >= 0.3 is 5.91 Å². The van der Waals surface area contributed by atoms with E-state index in [0.29, 0.717) is 32.7 Å². The molecular weight excluding hydrogens is 602 g/mol. The van der Waals surface area contributed by atoms with E-state index in [-0.39, 0.29) is 16.3 Å².